The number of allylic oxidation sites excluding steroid dienone is 2. The van der Waals surface area contributed by atoms with Gasteiger partial charge in [0.25, 0.3) is 0 Å². The number of carbonyl (C=O) groups is 1. The predicted molar refractivity (Wildman–Crippen MR) is 89.5 cm³/mol. The summed E-state index contributed by atoms with van der Waals surface area (Å²) in [5.41, 5.74) is 3.51. The Kier molecular flexibility index (Phi) is 5.11. The Labute approximate surface area is 133 Å². The molecule has 2 rings (SSSR count). The van der Waals surface area contributed by atoms with Crippen molar-refractivity contribution < 1.29 is 9.53 Å². The van der Waals surface area contributed by atoms with Crippen molar-refractivity contribution in [2.24, 2.45) is 5.92 Å². The maximum atomic E-state index is 12.4. The first kappa shape index (κ1) is 16.4. The van der Waals surface area contributed by atoms with Crippen LogP contribution in [-0.4, -0.2) is 36.1 Å². The first-order chi connectivity index (χ1) is 10.4. The molecule has 0 aromatic carbocycles. The Bertz CT molecular complexity index is 609. The number of fused-ring (bicyclic) bond motifs is 1. The third-order valence-corrected chi connectivity index (χ3v) is 3.92. The predicted octanol–water partition coefficient (Wildman–Crippen LogP) is 3.01. The SMILES string of the molecule is COC1=Cc2c(C)cn(CC(=O)N(C)CC(C)C)c2CC=C1. The van der Waals surface area contributed by atoms with Gasteiger partial charge in [-0.05, 0) is 30.6 Å². The number of carbonyl (C=O) groups excluding carboxylic acids is 1. The van der Waals surface area contributed by atoms with E-state index < -0.39 is 0 Å². The maximum Gasteiger partial charge on any atom is 0.242 e. The minimum absolute atomic E-state index is 0.149. The van der Waals surface area contributed by atoms with Crippen molar-refractivity contribution in [1.82, 2.24) is 9.47 Å². The van der Waals surface area contributed by atoms with Crippen molar-refractivity contribution in [2.75, 3.05) is 20.7 Å². The van der Waals surface area contributed by atoms with E-state index >= 15 is 0 Å². The number of hydrogen-bond donors (Lipinski definition) is 0. The number of methoxy groups -OCH3 is 1. The standard InChI is InChI=1S/C18H26N2O2/c1-13(2)10-19(4)18(21)12-20-11-14(3)16-9-15(22-5)7-6-8-17(16)20/h6-7,9,11,13H,8,10,12H2,1-5H3. The lowest BCUT2D eigenvalue weighted by Gasteiger charge is -2.20. The van der Waals surface area contributed by atoms with Crippen LogP contribution in [0.3, 0.4) is 0 Å². The van der Waals surface area contributed by atoms with Gasteiger partial charge < -0.3 is 14.2 Å². The Hall–Kier alpha value is -1.97. The second kappa shape index (κ2) is 6.86. The van der Waals surface area contributed by atoms with E-state index in [-0.39, 0.29) is 5.91 Å². The number of amides is 1. The number of ether oxygens (including phenoxy) is 1. The first-order valence-electron chi connectivity index (χ1n) is 7.77. The van der Waals surface area contributed by atoms with E-state index in [1.165, 1.54) is 16.8 Å². The van der Waals surface area contributed by atoms with Crippen molar-refractivity contribution in [2.45, 2.75) is 33.7 Å². The Balaban J connectivity index is 2.23. The molecule has 0 N–H and O–H groups in total. The van der Waals surface area contributed by atoms with Crippen molar-refractivity contribution in [3.8, 4) is 0 Å². The Morgan fingerprint density at radius 2 is 2.18 bits per heavy atom. The van der Waals surface area contributed by atoms with Crippen LogP contribution < -0.4 is 0 Å². The Morgan fingerprint density at radius 1 is 1.45 bits per heavy atom. The summed E-state index contributed by atoms with van der Waals surface area (Å²) in [5.74, 6) is 1.48. The monoisotopic (exact) mass is 302 g/mol. The van der Waals surface area contributed by atoms with Crippen LogP contribution in [0.5, 0.6) is 0 Å². The number of rotatable bonds is 5. The molecule has 22 heavy (non-hydrogen) atoms. The fourth-order valence-corrected chi connectivity index (χ4v) is 2.85. The van der Waals surface area contributed by atoms with Gasteiger partial charge in [-0.25, -0.2) is 0 Å². The minimum Gasteiger partial charge on any atom is -0.497 e. The summed E-state index contributed by atoms with van der Waals surface area (Å²) < 4.78 is 7.42. The third-order valence-electron chi connectivity index (χ3n) is 3.92. The molecule has 0 radical (unpaired) electrons. The van der Waals surface area contributed by atoms with Gasteiger partial charge in [-0.2, -0.15) is 0 Å². The van der Waals surface area contributed by atoms with Crippen LogP contribution in [0, 0.1) is 12.8 Å². The first-order valence-corrected chi connectivity index (χ1v) is 7.77. The molecule has 1 aromatic rings. The zero-order chi connectivity index (χ0) is 16.3. The summed E-state index contributed by atoms with van der Waals surface area (Å²) in [4.78, 5) is 14.2. The Morgan fingerprint density at radius 3 is 2.82 bits per heavy atom. The normalized spacial score (nSPS) is 13.6. The van der Waals surface area contributed by atoms with Crippen molar-refractivity contribution in [3.63, 3.8) is 0 Å². The van der Waals surface area contributed by atoms with Crippen LogP contribution in [0.1, 0.15) is 30.7 Å². The van der Waals surface area contributed by atoms with Gasteiger partial charge in [0.15, 0.2) is 0 Å². The molecule has 1 amide bonds. The second-order valence-corrected chi connectivity index (χ2v) is 6.33. The van der Waals surface area contributed by atoms with Crippen molar-refractivity contribution >= 4 is 12.0 Å². The van der Waals surface area contributed by atoms with E-state index in [1.807, 2.05) is 24.1 Å². The van der Waals surface area contributed by atoms with E-state index in [0.717, 1.165) is 18.7 Å². The lowest BCUT2D eigenvalue weighted by molar-refractivity contribution is -0.131. The zero-order valence-electron chi connectivity index (χ0n) is 14.2. The van der Waals surface area contributed by atoms with Gasteiger partial charge in [-0.15, -0.1) is 0 Å². The molecule has 1 aliphatic rings. The van der Waals surface area contributed by atoms with Crippen LogP contribution in [0.15, 0.2) is 24.1 Å². The molecule has 0 spiro atoms. The number of nitrogens with zero attached hydrogens (tertiary/aromatic N) is 2. The van der Waals surface area contributed by atoms with Gasteiger partial charge in [0.2, 0.25) is 5.91 Å². The van der Waals surface area contributed by atoms with Crippen LogP contribution in [-0.2, 0) is 22.5 Å². The minimum atomic E-state index is 0.149. The van der Waals surface area contributed by atoms with Gasteiger partial charge in [0.05, 0.1) is 7.11 Å². The maximum absolute atomic E-state index is 12.4. The van der Waals surface area contributed by atoms with Gasteiger partial charge >= 0.3 is 0 Å². The van der Waals surface area contributed by atoms with Crippen LogP contribution in [0.25, 0.3) is 6.08 Å². The van der Waals surface area contributed by atoms with Crippen LogP contribution in [0.4, 0.5) is 0 Å². The highest BCUT2D eigenvalue weighted by Gasteiger charge is 2.17. The molecule has 0 unspecified atom stereocenters. The molecule has 0 atom stereocenters. The van der Waals surface area contributed by atoms with Crippen molar-refractivity contribution in [1.29, 1.82) is 0 Å². The lowest BCUT2D eigenvalue weighted by atomic mass is 10.1. The van der Waals surface area contributed by atoms with E-state index in [9.17, 15) is 4.79 Å². The lowest BCUT2D eigenvalue weighted by Crippen LogP contribution is -2.33. The molecule has 1 heterocycles. The summed E-state index contributed by atoms with van der Waals surface area (Å²) >= 11 is 0. The molecule has 1 aromatic heterocycles. The highest BCUT2D eigenvalue weighted by atomic mass is 16.5. The number of aryl methyl sites for hydroxylation is 1. The van der Waals surface area contributed by atoms with E-state index in [2.05, 4.69) is 37.6 Å². The number of hydrogen-bond acceptors (Lipinski definition) is 2. The van der Waals surface area contributed by atoms with Gasteiger partial charge in [0.1, 0.15) is 12.3 Å². The molecule has 120 valence electrons. The molecule has 1 aliphatic carbocycles. The largest absolute Gasteiger partial charge is 0.497 e. The highest BCUT2D eigenvalue weighted by Crippen LogP contribution is 2.24. The average molecular weight is 302 g/mol. The molecule has 0 saturated heterocycles. The topological polar surface area (TPSA) is 34.5 Å². The van der Waals surface area contributed by atoms with Crippen molar-refractivity contribution in [3.05, 3.63) is 40.9 Å². The molecular weight excluding hydrogens is 276 g/mol. The second-order valence-electron chi connectivity index (χ2n) is 6.33. The smallest absolute Gasteiger partial charge is 0.242 e. The fraction of sp³-hybridized carbons (Fsp3) is 0.500. The fourth-order valence-electron chi connectivity index (χ4n) is 2.85. The van der Waals surface area contributed by atoms with Crippen LogP contribution >= 0.6 is 0 Å². The van der Waals surface area contributed by atoms with Gasteiger partial charge in [-0.3, -0.25) is 4.79 Å². The molecule has 4 heteroatoms. The molecule has 0 fully saturated rings. The van der Waals surface area contributed by atoms with E-state index in [1.54, 1.807) is 7.11 Å². The molecule has 4 nitrogen and oxygen atoms in total. The van der Waals surface area contributed by atoms with Gasteiger partial charge in [0, 0.05) is 37.5 Å². The number of likely N-dealkylation sites (N-methyl/N-ethyl adjacent to an activating group) is 1. The number of aromatic nitrogens is 1. The van der Waals surface area contributed by atoms with E-state index in [4.69, 9.17) is 4.74 Å². The molecule has 0 aliphatic heterocycles. The zero-order valence-corrected chi connectivity index (χ0v) is 14.2. The highest BCUT2D eigenvalue weighted by molar-refractivity contribution is 5.76. The third kappa shape index (κ3) is 3.62. The summed E-state index contributed by atoms with van der Waals surface area (Å²) in [6, 6.07) is 0. The molecular formula is C18H26N2O2. The quantitative estimate of drug-likeness (QED) is 0.838. The summed E-state index contributed by atoms with van der Waals surface area (Å²) in [6.07, 6.45) is 8.99. The summed E-state index contributed by atoms with van der Waals surface area (Å²) in [7, 11) is 3.55. The average Bonchev–Trinajstić information content (AvgIpc) is 2.65. The van der Waals surface area contributed by atoms with E-state index in [0.29, 0.717) is 12.5 Å². The molecule has 0 saturated carbocycles. The summed E-state index contributed by atoms with van der Waals surface area (Å²) in [5, 5.41) is 0. The molecule has 0 bridgehead atoms. The summed E-state index contributed by atoms with van der Waals surface area (Å²) in [6.45, 7) is 7.50. The van der Waals surface area contributed by atoms with Gasteiger partial charge in [-0.1, -0.05) is 19.9 Å². The van der Waals surface area contributed by atoms with Crippen LogP contribution in [0.2, 0.25) is 0 Å².